The molecule has 2 amide bonds. The van der Waals surface area contributed by atoms with E-state index in [0.717, 1.165) is 56.8 Å². The van der Waals surface area contributed by atoms with Crippen LogP contribution in [0.5, 0.6) is 5.75 Å². The average molecular weight is 413 g/mol. The first-order valence-corrected chi connectivity index (χ1v) is 11.8. The molecule has 1 aliphatic carbocycles. The largest absolute Gasteiger partial charge is 0.484 e. The number of ether oxygens (including phenoxy) is 1. The number of carbonyl (C=O) groups excluding carboxylic acids is 2. The lowest BCUT2D eigenvalue weighted by molar-refractivity contribution is -0.132. The normalized spacial score (nSPS) is 23.2. The van der Waals surface area contributed by atoms with Crippen molar-refractivity contribution in [3.05, 3.63) is 29.8 Å². The minimum absolute atomic E-state index is 0.0785. The number of hydrogen-bond donors (Lipinski definition) is 0. The van der Waals surface area contributed by atoms with Crippen molar-refractivity contribution in [3.63, 3.8) is 0 Å². The van der Waals surface area contributed by atoms with Crippen molar-refractivity contribution in [1.29, 1.82) is 0 Å². The fourth-order valence-corrected chi connectivity index (χ4v) is 5.81. The highest BCUT2D eigenvalue weighted by Crippen LogP contribution is 2.49. The van der Waals surface area contributed by atoms with E-state index in [2.05, 4.69) is 0 Å². The van der Waals surface area contributed by atoms with Crippen molar-refractivity contribution in [2.45, 2.75) is 64.7 Å². The molecule has 1 unspecified atom stereocenters. The van der Waals surface area contributed by atoms with Crippen LogP contribution < -0.4 is 4.74 Å². The van der Waals surface area contributed by atoms with E-state index in [1.807, 2.05) is 41.0 Å². The Bertz CT molecular complexity index is 751. The maximum atomic E-state index is 12.9. The van der Waals surface area contributed by atoms with Crippen LogP contribution >= 0.6 is 0 Å². The number of carbonyl (C=O) groups is 2. The molecule has 1 atom stereocenters. The molecule has 1 aromatic rings. The van der Waals surface area contributed by atoms with Crippen molar-refractivity contribution in [2.24, 2.45) is 11.3 Å². The maximum Gasteiger partial charge on any atom is 0.260 e. The quantitative estimate of drug-likeness (QED) is 0.704. The van der Waals surface area contributed by atoms with Crippen molar-refractivity contribution >= 4 is 11.8 Å². The Balaban J connectivity index is 1.36. The molecule has 4 rings (SSSR count). The first kappa shape index (κ1) is 21.2. The standard InChI is InChI=1S/C25H36N2O3/c1-20-8-7-9-22(16-20)30-18-24(29)27-17-21(25(19-27)12-3-2-4-13-25)10-11-23(28)26-14-5-6-15-26/h7-9,16,21H,2-6,10-15,17-19H2,1H3. The zero-order valence-electron chi connectivity index (χ0n) is 18.4. The summed E-state index contributed by atoms with van der Waals surface area (Å²) in [5.41, 5.74) is 1.34. The lowest BCUT2D eigenvalue weighted by atomic mass is 9.66. The average Bonchev–Trinajstić information content (AvgIpc) is 3.40. The van der Waals surface area contributed by atoms with Gasteiger partial charge in [0.05, 0.1) is 0 Å². The molecular formula is C25H36N2O3. The first-order valence-electron chi connectivity index (χ1n) is 11.8. The van der Waals surface area contributed by atoms with Crippen molar-refractivity contribution in [1.82, 2.24) is 9.80 Å². The van der Waals surface area contributed by atoms with Crippen LogP contribution in [0.15, 0.2) is 24.3 Å². The van der Waals surface area contributed by atoms with Crippen LogP contribution in [0.2, 0.25) is 0 Å². The fraction of sp³-hybridized carbons (Fsp3) is 0.680. The summed E-state index contributed by atoms with van der Waals surface area (Å²) in [6.45, 7) is 5.59. The van der Waals surface area contributed by atoms with Gasteiger partial charge in [-0.15, -0.1) is 0 Å². The molecule has 0 radical (unpaired) electrons. The molecule has 0 aromatic heterocycles. The number of aryl methyl sites for hydroxylation is 1. The number of likely N-dealkylation sites (tertiary alicyclic amines) is 2. The first-order chi connectivity index (χ1) is 14.6. The number of benzene rings is 1. The number of hydrogen-bond acceptors (Lipinski definition) is 3. The zero-order valence-corrected chi connectivity index (χ0v) is 18.4. The summed E-state index contributed by atoms with van der Waals surface area (Å²) in [4.78, 5) is 29.6. The van der Waals surface area contributed by atoms with Crippen LogP contribution in [-0.4, -0.2) is 54.4 Å². The van der Waals surface area contributed by atoms with Crippen LogP contribution in [0, 0.1) is 18.3 Å². The van der Waals surface area contributed by atoms with Crippen molar-refractivity contribution < 1.29 is 14.3 Å². The van der Waals surface area contributed by atoms with Gasteiger partial charge in [-0.3, -0.25) is 9.59 Å². The van der Waals surface area contributed by atoms with Gasteiger partial charge in [0, 0.05) is 32.6 Å². The summed E-state index contributed by atoms with van der Waals surface area (Å²) in [7, 11) is 0. The maximum absolute atomic E-state index is 12.9. The van der Waals surface area contributed by atoms with Crippen LogP contribution in [-0.2, 0) is 9.59 Å². The SMILES string of the molecule is Cc1cccc(OCC(=O)N2CC(CCC(=O)N3CCCC3)C3(CCCCC3)C2)c1. The Morgan fingerprint density at radius 2 is 1.80 bits per heavy atom. The summed E-state index contributed by atoms with van der Waals surface area (Å²) >= 11 is 0. The Labute approximate surface area is 180 Å². The van der Waals surface area contributed by atoms with Gasteiger partial charge in [0.1, 0.15) is 5.75 Å². The third-order valence-electron chi connectivity index (χ3n) is 7.53. The molecule has 0 bridgehead atoms. The summed E-state index contributed by atoms with van der Waals surface area (Å²) in [6.07, 6.45) is 10.0. The van der Waals surface area contributed by atoms with E-state index in [1.54, 1.807) is 0 Å². The van der Waals surface area contributed by atoms with Crippen LogP contribution in [0.4, 0.5) is 0 Å². The van der Waals surface area contributed by atoms with Gasteiger partial charge in [0.2, 0.25) is 5.91 Å². The molecule has 3 fully saturated rings. The summed E-state index contributed by atoms with van der Waals surface area (Å²) in [5.74, 6) is 1.58. The van der Waals surface area contributed by atoms with Gasteiger partial charge in [-0.2, -0.15) is 0 Å². The Morgan fingerprint density at radius 1 is 1.03 bits per heavy atom. The fourth-order valence-electron chi connectivity index (χ4n) is 5.81. The summed E-state index contributed by atoms with van der Waals surface area (Å²) in [5, 5.41) is 0. The minimum atomic E-state index is 0.0785. The lowest BCUT2D eigenvalue weighted by Gasteiger charge is -2.38. The monoisotopic (exact) mass is 412 g/mol. The molecule has 2 heterocycles. The molecule has 3 aliphatic rings. The second-order valence-electron chi connectivity index (χ2n) is 9.63. The molecule has 30 heavy (non-hydrogen) atoms. The highest BCUT2D eigenvalue weighted by Gasteiger charge is 2.47. The molecule has 2 aliphatic heterocycles. The van der Waals surface area contributed by atoms with Gasteiger partial charge in [-0.25, -0.2) is 0 Å². The molecule has 5 heteroatoms. The molecule has 0 N–H and O–H groups in total. The van der Waals surface area contributed by atoms with Crippen molar-refractivity contribution in [3.8, 4) is 5.75 Å². The second-order valence-corrected chi connectivity index (χ2v) is 9.63. The van der Waals surface area contributed by atoms with E-state index >= 15 is 0 Å². The van der Waals surface area contributed by atoms with E-state index in [0.29, 0.717) is 18.2 Å². The Kier molecular flexibility index (Phi) is 6.64. The molecule has 164 valence electrons. The van der Waals surface area contributed by atoms with E-state index in [1.165, 1.54) is 32.1 Å². The lowest BCUT2D eigenvalue weighted by Crippen LogP contribution is -2.36. The van der Waals surface area contributed by atoms with E-state index in [9.17, 15) is 9.59 Å². The highest BCUT2D eigenvalue weighted by atomic mass is 16.5. The van der Waals surface area contributed by atoms with E-state index in [-0.39, 0.29) is 17.9 Å². The van der Waals surface area contributed by atoms with Gasteiger partial charge < -0.3 is 14.5 Å². The van der Waals surface area contributed by atoms with Crippen molar-refractivity contribution in [2.75, 3.05) is 32.8 Å². The smallest absolute Gasteiger partial charge is 0.260 e. The predicted molar refractivity (Wildman–Crippen MR) is 117 cm³/mol. The van der Waals surface area contributed by atoms with E-state index in [4.69, 9.17) is 4.74 Å². The molecular weight excluding hydrogens is 376 g/mol. The zero-order chi connectivity index (χ0) is 21.0. The van der Waals surface area contributed by atoms with Crippen LogP contribution in [0.25, 0.3) is 0 Å². The molecule has 5 nitrogen and oxygen atoms in total. The van der Waals surface area contributed by atoms with Crippen LogP contribution in [0.3, 0.4) is 0 Å². The number of nitrogens with zero attached hydrogens (tertiary/aromatic N) is 2. The second kappa shape index (κ2) is 9.40. The van der Waals surface area contributed by atoms with Crippen LogP contribution in [0.1, 0.15) is 63.4 Å². The van der Waals surface area contributed by atoms with Gasteiger partial charge in [0.15, 0.2) is 6.61 Å². The number of amides is 2. The Hall–Kier alpha value is -2.04. The van der Waals surface area contributed by atoms with E-state index < -0.39 is 0 Å². The molecule has 2 saturated heterocycles. The van der Waals surface area contributed by atoms with Gasteiger partial charge >= 0.3 is 0 Å². The molecule has 1 saturated carbocycles. The number of rotatable bonds is 6. The summed E-state index contributed by atoms with van der Waals surface area (Å²) < 4.78 is 5.79. The van der Waals surface area contributed by atoms with Gasteiger partial charge in [-0.05, 0) is 68.1 Å². The molecule has 1 spiro atoms. The third kappa shape index (κ3) is 4.81. The van der Waals surface area contributed by atoms with Gasteiger partial charge in [-0.1, -0.05) is 31.4 Å². The molecule has 1 aromatic carbocycles. The third-order valence-corrected chi connectivity index (χ3v) is 7.53. The van der Waals surface area contributed by atoms with Gasteiger partial charge in [0.25, 0.3) is 5.91 Å². The summed E-state index contributed by atoms with van der Waals surface area (Å²) in [6, 6.07) is 7.85. The topological polar surface area (TPSA) is 49.9 Å². The minimum Gasteiger partial charge on any atom is -0.484 e. The predicted octanol–water partition coefficient (Wildman–Crippen LogP) is 4.19. The highest BCUT2D eigenvalue weighted by molar-refractivity contribution is 5.78. The Morgan fingerprint density at radius 3 is 2.53 bits per heavy atom.